The highest BCUT2D eigenvalue weighted by molar-refractivity contribution is 7.85. The Morgan fingerprint density at radius 2 is 2.22 bits per heavy atom. The molecule has 0 fully saturated rings. The van der Waals surface area contributed by atoms with Crippen molar-refractivity contribution in [3.63, 3.8) is 0 Å². The molecule has 3 unspecified atom stereocenters. The molecule has 0 saturated carbocycles. The summed E-state index contributed by atoms with van der Waals surface area (Å²) in [5.41, 5.74) is 2.69. The Balaban J connectivity index is 2.17. The van der Waals surface area contributed by atoms with Crippen LogP contribution in [0.3, 0.4) is 0 Å². The summed E-state index contributed by atoms with van der Waals surface area (Å²) in [5.74, 6) is 0.627. The second kappa shape index (κ2) is 6.45. The molecule has 1 aromatic rings. The largest absolute Gasteiger partial charge is 0.384 e. The monoisotopic (exact) mass is 267 g/mol. The topological polar surface area (TPSA) is 38.3 Å². The van der Waals surface area contributed by atoms with Gasteiger partial charge in [0.1, 0.15) is 0 Å². The fraction of sp³-hybridized carbons (Fsp3) is 0.571. The number of fused-ring (bicyclic) bond motifs is 1. The smallest absolute Gasteiger partial charge is 0.0577 e. The molecule has 0 radical (unpaired) electrons. The maximum absolute atomic E-state index is 12.3. The third kappa shape index (κ3) is 2.82. The Bertz CT molecular complexity index is 422. The van der Waals surface area contributed by atoms with Gasteiger partial charge in [-0.3, -0.25) is 4.21 Å². The van der Waals surface area contributed by atoms with Crippen LogP contribution < -0.4 is 5.32 Å². The molecular weight excluding hydrogens is 246 g/mol. The lowest BCUT2D eigenvalue weighted by Gasteiger charge is -2.32. The summed E-state index contributed by atoms with van der Waals surface area (Å²) in [7, 11) is 2.78. The van der Waals surface area contributed by atoms with Gasteiger partial charge in [-0.2, -0.15) is 0 Å². The number of hydrogen-bond acceptors (Lipinski definition) is 3. The Labute approximate surface area is 111 Å². The summed E-state index contributed by atoms with van der Waals surface area (Å²) in [6, 6.07) is 8.66. The molecule has 100 valence electrons. The number of nitrogens with one attached hydrogen (secondary N) is 1. The summed E-state index contributed by atoms with van der Waals surface area (Å²) in [6.07, 6.45) is 2.01. The minimum absolute atomic E-state index is 0.194. The minimum atomic E-state index is -0.831. The molecule has 18 heavy (non-hydrogen) atoms. The van der Waals surface area contributed by atoms with Crippen molar-refractivity contribution < 1.29 is 8.95 Å². The third-order valence-corrected chi connectivity index (χ3v) is 5.35. The predicted octanol–water partition coefficient (Wildman–Crippen LogP) is 1.66. The molecule has 0 amide bonds. The van der Waals surface area contributed by atoms with E-state index in [1.54, 1.807) is 7.11 Å². The van der Waals surface area contributed by atoms with Gasteiger partial charge in [-0.15, -0.1) is 0 Å². The van der Waals surface area contributed by atoms with Gasteiger partial charge in [-0.05, 0) is 31.0 Å². The van der Waals surface area contributed by atoms with E-state index in [9.17, 15) is 4.21 Å². The lowest BCUT2D eigenvalue weighted by molar-refractivity contribution is 0.217. The molecule has 1 aliphatic rings. The Hall–Kier alpha value is -0.710. The predicted molar refractivity (Wildman–Crippen MR) is 75.2 cm³/mol. The van der Waals surface area contributed by atoms with E-state index in [4.69, 9.17) is 4.74 Å². The van der Waals surface area contributed by atoms with Crippen molar-refractivity contribution in [3.05, 3.63) is 35.4 Å². The maximum atomic E-state index is 12.3. The van der Waals surface area contributed by atoms with Crippen LogP contribution >= 0.6 is 0 Å². The highest BCUT2D eigenvalue weighted by Crippen LogP contribution is 2.32. The lowest BCUT2D eigenvalue weighted by Crippen LogP contribution is -2.38. The number of benzene rings is 1. The van der Waals surface area contributed by atoms with Crippen molar-refractivity contribution in [2.24, 2.45) is 0 Å². The first kappa shape index (κ1) is 13.7. The van der Waals surface area contributed by atoms with Gasteiger partial charge in [0.2, 0.25) is 0 Å². The number of ether oxygens (including phenoxy) is 1. The Kier molecular flexibility index (Phi) is 4.92. The minimum Gasteiger partial charge on any atom is -0.384 e. The standard InChI is InChI=1S/C14H21NO2S/c1-15-14-12-6-4-3-5-11(12)7-8-13(14)18(16)10-9-17-2/h3-6,13-15H,7-10H2,1-2H3. The highest BCUT2D eigenvalue weighted by atomic mass is 32.2. The molecule has 1 N–H and O–H groups in total. The Morgan fingerprint density at radius 3 is 2.94 bits per heavy atom. The van der Waals surface area contributed by atoms with Crippen molar-refractivity contribution >= 4 is 10.8 Å². The fourth-order valence-electron chi connectivity index (χ4n) is 2.67. The molecule has 0 aliphatic heterocycles. The molecule has 0 heterocycles. The van der Waals surface area contributed by atoms with Gasteiger partial charge < -0.3 is 10.1 Å². The van der Waals surface area contributed by atoms with Gasteiger partial charge in [0.15, 0.2) is 0 Å². The molecule has 0 saturated heterocycles. The lowest BCUT2D eigenvalue weighted by atomic mass is 9.87. The summed E-state index contributed by atoms with van der Waals surface area (Å²) in [4.78, 5) is 0. The van der Waals surface area contributed by atoms with E-state index in [0.717, 1.165) is 12.8 Å². The van der Waals surface area contributed by atoms with Crippen LogP contribution in [0.4, 0.5) is 0 Å². The van der Waals surface area contributed by atoms with Crippen molar-refractivity contribution in [1.82, 2.24) is 5.32 Å². The molecule has 3 atom stereocenters. The summed E-state index contributed by atoms with van der Waals surface area (Å²) < 4.78 is 17.4. The molecule has 0 aromatic heterocycles. The van der Waals surface area contributed by atoms with Gasteiger partial charge in [0.25, 0.3) is 0 Å². The van der Waals surface area contributed by atoms with E-state index in [2.05, 4.69) is 29.6 Å². The van der Waals surface area contributed by atoms with E-state index in [0.29, 0.717) is 12.4 Å². The van der Waals surface area contributed by atoms with E-state index < -0.39 is 10.8 Å². The van der Waals surface area contributed by atoms with Gasteiger partial charge >= 0.3 is 0 Å². The van der Waals surface area contributed by atoms with Gasteiger partial charge in [-0.1, -0.05) is 24.3 Å². The van der Waals surface area contributed by atoms with Crippen molar-refractivity contribution in [3.8, 4) is 0 Å². The zero-order valence-corrected chi connectivity index (χ0v) is 11.8. The quantitative estimate of drug-likeness (QED) is 0.881. The van der Waals surface area contributed by atoms with Crippen LogP contribution in [0, 0.1) is 0 Å². The first-order valence-electron chi connectivity index (χ1n) is 6.39. The molecule has 3 nitrogen and oxygen atoms in total. The molecule has 0 bridgehead atoms. The fourth-order valence-corrected chi connectivity index (χ4v) is 4.27. The summed E-state index contributed by atoms with van der Waals surface area (Å²) in [6.45, 7) is 0.571. The van der Waals surface area contributed by atoms with Crippen LogP contribution in [0.2, 0.25) is 0 Å². The van der Waals surface area contributed by atoms with Gasteiger partial charge in [-0.25, -0.2) is 0 Å². The van der Waals surface area contributed by atoms with Crippen LogP contribution in [0.15, 0.2) is 24.3 Å². The average Bonchev–Trinajstić information content (AvgIpc) is 2.43. The van der Waals surface area contributed by atoms with Crippen LogP contribution in [-0.2, 0) is 22.0 Å². The number of hydrogen-bond donors (Lipinski definition) is 1. The molecule has 1 aliphatic carbocycles. The third-order valence-electron chi connectivity index (χ3n) is 3.60. The SMILES string of the molecule is CNC1c2ccccc2CCC1S(=O)CCOC. The zero-order chi connectivity index (χ0) is 13.0. The second-order valence-corrected chi connectivity index (χ2v) is 6.40. The van der Waals surface area contributed by atoms with Gasteiger partial charge in [0.05, 0.1) is 11.9 Å². The van der Waals surface area contributed by atoms with E-state index in [1.165, 1.54) is 11.1 Å². The van der Waals surface area contributed by atoms with Crippen molar-refractivity contribution in [1.29, 1.82) is 0 Å². The van der Waals surface area contributed by atoms with E-state index in [1.807, 2.05) is 7.05 Å². The second-order valence-electron chi connectivity index (χ2n) is 4.62. The molecule has 1 aromatic carbocycles. The van der Waals surface area contributed by atoms with Crippen molar-refractivity contribution in [2.45, 2.75) is 24.1 Å². The van der Waals surface area contributed by atoms with E-state index in [-0.39, 0.29) is 11.3 Å². The van der Waals surface area contributed by atoms with Crippen molar-refractivity contribution in [2.75, 3.05) is 26.5 Å². The van der Waals surface area contributed by atoms with Crippen LogP contribution in [0.25, 0.3) is 0 Å². The van der Waals surface area contributed by atoms with Crippen LogP contribution in [0.5, 0.6) is 0 Å². The molecule has 4 heteroatoms. The van der Waals surface area contributed by atoms with Crippen LogP contribution in [-0.4, -0.2) is 36.0 Å². The van der Waals surface area contributed by atoms with Gasteiger partial charge in [0, 0.05) is 29.7 Å². The first-order valence-corrected chi connectivity index (χ1v) is 7.77. The Morgan fingerprint density at radius 1 is 1.44 bits per heavy atom. The average molecular weight is 267 g/mol. The normalized spacial score (nSPS) is 24.6. The number of rotatable bonds is 5. The van der Waals surface area contributed by atoms with E-state index >= 15 is 0 Å². The first-order chi connectivity index (χ1) is 8.77. The highest BCUT2D eigenvalue weighted by Gasteiger charge is 2.31. The molecule has 2 rings (SSSR count). The zero-order valence-electron chi connectivity index (χ0n) is 11.0. The van der Waals surface area contributed by atoms with Crippen LogP contribution in [0.1, 0.15) is 23.6 Å². The summed E-state index contributed by atoms with van der Waals surface area (Å²) >= 11 is 0. The number of aryl methyl sites for hydroxylation is 1. The molecular formula is C14H21NO2S. The molecule has 0 spiro atoms. The number of methoxy groups -OCH3 is 1. The summed E-state index contributed by atoms with van der Waals surface area (Å²) in [5, 5.41) is 3.53. The maximum Gasteiger partial charge on any atom is 0.0577 e.